The number of hydrogen-bond acceptors (Lipinski definition) is 6. The van der Waals surface area contributed by atoms with Gasteiger partial charge < -0.3 is 23.5 Å². The largest absolute Gasteiger partial charge is 0.494 e. The summed E-state index contributed by atoms with van der Waals surface area (Å²) >= 11 is 1.65. The van der Waals surface area contributed by atoms with Gasteiger partial charge in [0.25, 0.3) is 0 Å². The number of fused-ring (bicyclic) bond motifs is 1. The molecular formula is C32H31BO5S. The van der Waals surface area contributed by atoms with Crippen molar-refractivity contribution >= 4 is 24.3 Å². The summed E-state index contributed by atoms with van der Waals surface area (Å²) in [6.07, 6.45) is -1.40. The second kappa shape index (κ2) is 13.0. The lowest BCUT2D eigenvalue weighted by atomic mass is 9.76. The monoisotopic (exact) mass is 538 g/mol. The van der Waals surface area contributed by atoms with E-state index in [-0.39, 0.29) is 29.9 Å². The molecule has 2 aliphatic rings. The lowest BCUT2D eigenvalue weighted by molar-refractivity contribution is -0.243. The third-order valence-electron chi connectivity index (χ3n) is 6.92. The molecule has 0 N–H and O–H groups in total. The first-order valence-corrected chi connectivity index (χ1v) is 14.2. The Balaban J connectivity index is 1.30. The molecule has 0 bridgehead atoms. The Bertz CT molecular complexity index is 1280. The molecule has 0 spiro atoms. The van der Waals surface area contributed by atoms with Crippen LogP contribution < -0.4 is 5.46 Å². The zero-order valence-corrected chi connectivity index (χ0v) is 22.4. The molecule has 0 radical (unpaired) electrons. The van der Waals surface area contributed by atoms with E-state index >= 15 is 0 Å². The zero-order valence-electron chi connectivity index (χ0n) is 21.6. The standard InChI is InChI=1S/C32H31BO5S/c1-5-13-24(14-6-1)21-34-30-29-28(23-36-33(38-29)26-17-9-3-10-18-26)37-32(39-27-19-11-4-12-20-27)31(30)35-22-25-15-7-2-8-16-25/h1-20,28-32H,21-23H2/t28-,29+,30+,31-,32+/m1/s1. The lowest BCUT2D eigenvalue weighted by Gasteiger charge is -2.48. The fourth-order valence-electron chi connectivity index (χ4n) is 4.95. The molecule has 0 aliphatic carbocycles. The molecule has 4 aromatic carbocycles. The van der Waals surface area contributed by atoms with E-state index < -0.39 is 7.12 Å². The Morgan fingerprint density at radius 2 is 1.21 bits per heavy atom. The molecule has 0 saturated carbocycles. The van der Waals surface area contributed by atoms with Gasteiger partial charge in [0.15, 0.2) is 0 Å². The molecule has 7 heteroatoms. The van der Waals surface area contributed by atoms with E-state index in [1.54, 1.807) is 11.8 Å². The summed E-state index contributed by atoms with van der Waals surface area (Å²) in [6.45, 7) is 1.30. The van der Waals surface area contributed by atoms with Crippen LogP contribution in [0.15, 0.2) is 126 Å². The van der Waals surface area contributed by atoms with Gasteiger partial charge in [-0.05, 0) is 28.7 Å². The quantitative estimate of drug-likeness (QED) is 0.263. The molecule has 39 heavy (non-hydrogen) atoms. The van der Waals surface area contributed by atoms with Crippen molar-refractivity contribution in [3.05, 3.63) is 132 Å². The van der Waals surface area contributed by atoms with Crippen molar-refractivity contribution in [1.29, 1.82) is 0 Å². The zero-order chi connectivity index (χ0) is 26.3. The first-order chi connectivity index (χ1) is 19.3. The molecule has 2 saturated heterocycles. The van der Waals surface area contributed by atoms with Gasteiger partial charge in [-0.25, -0.2) is 0 Å². The van der Waals surface area contributed by atoms with Crippen LogP contribution in [0.5, 0.6) is 0 Å². The summed E-state index contributed by atoms with van der Waals surface area (Å²) in [5, 5.41) is 0. The third kappa shape index (κ3) is 6.64. The van der Waals surface area contributed by atoms with Crippen molar-refractivity contribution in [2.24, 2.45) is 0 Å². The van der Waals surface area contributed by atoms with Crippen LogP contribution in [0.2, 0.25) is 0 Å². The first-order valence-electron chi connectivity index (χ1n) is 13.3. The normalized spacial score (nSPS) is 24.7. The van der Waals surface area contributed by atoms with E-state index in [9.17, 15) is 0 Å². The molecule has 2 fully saturated rings. The van der Waals surface area contributed by atoms with E-state index in [1.807, 2.05) is 84.9 Å². The van der Waals surface area contributed by atoms with Crippen LogP contribution >= 0.6 is 11.8 Å². The number of rotatable bonds is 9. The average Bonchev–Trinajstić information content (AvgIpc) is 3.01. The van der Waals surface area contributed by atoms with Gasteiger partial charge in [-0.15, -0.1) is 0 Å². The molecule has 0 aromatic heterocycles. The first kappa shape index (κ1) is 26.3. The second-order valence-electron chi connectivity index (χ2n) is 9.67. The minimum absolute atomic E-state index is 0.288. The van der Waals surface area contributed by atoms with Gasteiger partial charge in [0, 0.05) is 4.90 Å². The van der Waals surface area contributed by atoms with Crippen molar-refractivity contribution in [3.8, 4) is 0 Å². The van der Waals surface area contributed by atoms with Gasteiger partial charge in [-0.3, -0.25) is 0 Å². The van der Waals surface area contributed by atoms with Crippen LogP contribution in [0, 0.1) is 0 Å². The highest BCUT2D eigenvalue weighted by Crippen LogP contribution is 2.39. The van der Waals surface area contributed by atoms with Crippen LogP contribution in [0.4, 0.5) is 0 Å². The molecule has 2 heterocycles. The van der Waals surface area contributed by atoms with Crippen LogP contribution in [0.1, 0.15) is 11.1 Å². The van der Waals surface area contributed by atoms with E-state index in [0.717, 1.165) is 21.5 Å². The highest BCUT2D eigenvalue weighted by Gasteiger charge is 2.52. The van der Waals surface area contributed by atoms with Crippen molar-refractivity contribution in [2.45, 2.75) is 48.0 Å². The Morgan fingerprint density at radius 3 is 1.82 bits per heavy atom. The van der Waals surface area contributed by atoms with Gasteiger partial charge in [-0.2, -0.15) is 0 Å². The number of ether oxygens (including phenoxy) is 3. The third-order valence-corrected chi connectivity index (χ3v) is 8.08. The van der Waals surface area contributed by atoms with Gasteiger partial charge in [0.2, 0.25) is 0 Å². The van der Waals surface area contributed by atoms with Gasteiger partial charge >= 0.3 is 7.12 Å². The van der Waals surface area contributed by atoms with E-state index in [0.29, 0.717) is 19.8 Å². The van der Waals surface area contributed by atoms with Crippen molar-refractivity contribution in [3.63, 3.8) is 0 Å². The maximum Gasteiger partial charge on any atom is 0.494 e. The van der Waals surface area contributed by atoms with Crippen LogP contribution in [-0.4, -0.2) is 43.6 Å². The average molecular weight is 538 g/mol. The highest BCUT2D eigenvalue weighted by atomic mass is 32.2. The summed E-state index contributed by atoms with van der Waals surface area (Å²) < 4.78 is 32.8. The minimum Gasteiger partial charge on any atom is -0.404 e. The summed E-state index contributed by atoms with van der Waals surface area (Å²) in [5.41, 5.74) is 2.86. The molecule has 0 amide bonds. The topological polar surface area (TPSA) is 46.2 Å². The molecule has 4 aromatic rings. The van der Waals surface area contributed by atoms with Crippen molar-refractivity contribution in [2.75, 3.05) is 6.61 Å². The molecule has 198 valence electrons. The molecule has 2 aliphatic heterocycles. The van der Waals surface area contributed by atoms with E-state index in [4.69, 9.17) is 23.5 Å². The molecule has 6 rings (SSSR count). The molecule has 5 nitrogen and oxygen atoms in total. The van der Waals surface area contributed by atoms with Gasteiger partial charge in [0.05, 0.1) is 19.8 Å². The van der Waals surface area contributed by atoms with Gasteiger partial charge in [0.1, 0.15) is 29.9 Å². The maximum atomic E-state index is 6.69. The molecular weight excluding hydrogens is 507 g/mol. The number of hydrogen-bond donors (Lipinski definition) is 0. The molecule has 5 atom stereocenters. The fraction of sp³-hybridized carbons (Fsp3) is 0.250. The van der Waals surface area contributed by atoms with Gasteiger partial charge in [-0.1, -0.05) is 121 Å². The summed E-state index contributed by atoms with van der Waals surface area (Å²) in [6, 6.07) is 40.7. The van der Waals surface area contributed by atoms with E-state index in [1.165, 1.54) is 0 Å². The van der Waals surface area contributed by atoms with Crippen LogP contribution in [0.3, 0.4) is 0 Å². The van der Waals surface area contributed by atoms with Crippen LogP contribution in [-0.2, 0) is 36.7 Å². The predicted octanol–water partition coefficient (Wildman–Crippen LogP) is 5.49. The fourth-order valence-corrected chi connectivity index (χ4v) is 6.10. The minimum atomic E-state index is -0.494. The van der Waals surface area contributed by atoms with Crippen molar-refractivity contribution < 1.29 is 23.5 Å². The Labute approximate surface area is 234 Å². The maximum absolute atomic E-state index is 6.69. The summed E-state index contributed by atoms with van der Waals surface area (Å²) in [4.78, 5) is 1.11. The van der Waals surface area contributed by atoms with E-state index in [2.05, 4.69) is 36.4 Å². The number of thioether (sulfide) groups is 1. The molecule has 0 unspecified atom stereocenters. The summed E-state index contributed by atoms with van der Waals surface area (Å²) in [7, 11) is -0.494. The SMILES string of the molecule is c1ccc(CO[C@H]2[C@H]3OB(c4ccccc4)OC[C@H]3O[C@@H](Sc3ccccc3)[C@@H]2OCc2ccccc2)cc1. The highest BCUT2D eigenvalue weighted by molar-refractivity contribution is 7.99. The predicted molar refractivity (Wildman–Crippen MR) is 154 cm³/mol. The summed E-state index contributed by atoms with van der Waals surface area (Å²) in [5.74, 6) is 0. The Morgan fingerprint density at radius 1 is 0.667 bits per heavy atom. The Hall–Kier alpha value is -2.91. The lowest BCUT2D eigenvalue weighted by Crippen LogP contribution is -2.65. The van der Waals surface area contributed by atoms with Crippen LogP contribution in [0.25, 0.3) is 0 Å². The smallest absolute Gasteiger partial charge is 0.404 e. The number of benzene rings is 4. The van der Waals surface area contributed by atoms with Crippen molar-refractivity contribution in [1.82, 2.24) is 0 Å². The Kier molecular flexibility index (Phi) is 8.75. The second-order valence-corrected chi connectivity index (χ2v) is 10.8.